The average molecular weight is 329 g/mol. The molecule has 1 amide bonds. The summed E-state index contributed by atoms with van der Waals surface area (Å²) >= 11 is 0. The van der Waals surface area contributed by atoms with Gasteiger partial charge in [0.1, 0.15) is 5.82 Å². The summed E-state index contributed by atoms with van der Waals surface area (Å²) in [5.41, 5.74) is 0.868. The lowest BCUT2D eigenvalue weighted by Crippen LogP contribution is -2.25. The maximum atomic E-state index is 12.3. The molecule has 126 valence electrons. The van der Waals surface area contributed by atoms with E-state index in [0.717, 1.165) is 37.5 Å². The molecule has 0 saturated heterocycles. The molecule has 1 aliphatic heterocycles. The normalized spacial score (nSPS) is 13.9. The zero-order valence-electron chi connectivity index (χ0n) is 13.5. The molecule has 1 aliphatic rings. The van der Waals surface area contributed by atoms with Gasteiger partial charge in [-0.3, -0.25) is 14.9 Å². The molecule has 1 N–H and O–H groups in total. The molecule has 1 aromatic carbocycles. The van der Waals surface area contributed by atoms with Crippen LogP contribution in [0.3, 0.4) is 0 Å². The summed E-state index contributed by atoms with van der Waals surface area (Å²) in [5, 5.41) is 22.0. The lowest BCUT2D eigenvalue weighted by Gasteiger charge is -2.08. The third-order valence-electron chi connectivity index (χ3n) is 4.25. The zero-order chi connectivity index (χ0) is 17.1. The molecule has 0 bridgehead atoms. The van der Waals surface area contributed by atoms with Crippen LogP contribution >= 0.6 is 0 Å². The van der Waals surface area contributed by atoms with Crippen molar-refractivity contribution in [3.8, 4) is 0 Å². The molecule has 8 nitrogen and oxygen atoms in total. The van der Waals surface area contributed by atoms with Gasteiger partial charge < -0.3 is 9.88 Å². The fourth-order valence-corrected chi connectivity index (χ4v) is 2.94. The highest BCUT2D eigenvalue weighted by atomic mass is 16.6. The maximum absolute atomic E-state index is 12.3. The van der Waals surface area contributed by atoms with E-state index in [9.17, 15) is 14.9 Å². The number of rotatable bonds is 4. The van der Waals surface area contributed by atoms with Crippen molar-refractivity contribution >= 4 is 11.6 Å². The number of aryl methyl sites for hydroxylation is 2. The number of carbonyl (C=O) groups excluding carboxylic acids is 1. The van der Waals surface area contributed by atoms with E-state index in [1.807, 2.05) is 0 Å². The summed E-state index contributed by atoms with van der Waals surface area (Å²) < 4.78 is 2.08. The summed E-state index contributed by atoms with van der Waals surface area (Å²) in [5.74, 6) is 1.45. The number of nitro benzene ring substituents is 1. The minimum Gasteiger partial charge on any atom is -0.345 e. The SMILES string of the molecule is Cc1cc(C(=O)NCc2nnc3n2CCCCC3)ccc1[N+](=O)[O-]. The average Bonchev–Trinajstić information content (AvgIpc) is 2.78. The number of benzene rings is 1. The first-order chi connectivity index (χ1) is 11.6. The van der Waals surface area contributed by atoms with Gasteiger partial charge in [-0.1, -0.05) is 6.42 Å². The molecular weight excluding hydrogens is 310 g/mol. The number of aromatic nitrogens is 3. The third-order valence-corrected chi connectivity index (χ3v) is 4.25. The maximum Gasteiger partial charge on any atom is 0.272 e. The Morgan fingerprint density at radius 3 is 2.92 bits per heavy atom. The number of fused-ring (bicyclic) bond motifs is 1. The smallest absolute Gasteiger partial charge is 0.272 e. The van der Waals surface area contributed by atoms with Gasteiger partial charge in [0, 0.05) is 30.2 Å². The van der Waals surface area contributed by atoms with E-state index >= 15 is 0 Å². The van der Waals surface area contributed by atoms with Crippen LogP contribution in [0.15, 0.2) is 18.2 Å². The topological polar surface area (TPSA) is 103 Å². The van der Waals surface area contributed by atoms with Crippen molar-refractivity contribution in [2.24, 2.45) is 0 Å². The van der Waals surface area contributed by atoms with Gasteiger partial charge in [0.25, 0.3) is 11.6 Å². The molecule has 2 heterocycles. The van der Waals surface area contributed by atoms with Gasteiger partial charge in [-0.2, -0.15) is 0 Å². The van der Waals surface area contributed by atoms with Gasteiger partial charge in [0.15, 0.2) is 5.82 Å². The van der Waals surface area contributed by atoms with Crippen molar-refractivity contribution in [2.75, 3.05) is 0 Å². The van der Waals surface area contributed by atoms with Crippen molar-refractivity contribution in [1.29, 1.82) is 0 Å². The first-order valence-corrected chi connectivity index (χ1v) is 8.00. The van der Waals surface area contributed by atoms with Crippen molar-refractivity contribution in [3.05, 3.63) is 51.1 Å². The summed E-state index contributed by atoms with van der Waals surface area (Å²) in [6, 6.07) is 4.34. The summed E-state index contributed by atoms with van der Waals surface area (Å²) in [4.78, 5) is 22.7. The number of nitrogens with zero attached hydrogens (tertiary/aromatic N) is 4. The lowest BCUT2D eigenvalue weighted by molar-refractivity contribution is -0.385. The van der Waals surface area contributed by atoms with Gasteiger partial charge in [0.2, 0.25) is 0 Å². The Balaban J connectivity index is 1.69. The number of nitro groups is 1. The Bertz CT molecular complexity index is 784. The minimum absolute atomic E-state index is 0.00864. The number of carbonyl (C=O) groups is 1. The fourth-order valence-electron chi connectivity index (χ4n) is 2.94. The van der Waals surface area contributed by atoms with E-state index in [0.29, 0.717) is 17.7 Å². The molecule has 24 heavy (non-hydrogen) atoms. The first kappa shape index (κ1) is 16.1. The van der Waals surface area contributed by atoms with Crippen LogP contribution in [0.25, 0.3) is 0 Å². The predicted octanol–water partition coefficient (Wildman–Crippen LogP) is 2.15. The zero-order valence-corrected chi connectivity index (χ0v) is 13.5. The number of nitrogens with one attached hydrogen (secondary N) is 1. The molecule has 0 fully saturated rings. The Morgan fingerprint density at radius 2 is 2.17 bits per heavy atom. The highest BCUT2D eigenvalue weighted by molar-refractivity contribution is 5.94. The third kappa shape index (κ3) is 3.27. The van der Waals surface area contributed by atoms with Crippen LogP contribution in [-0.4, -0.2) is 25.6 Å². The molecule has 8 heteroatoms. The monoisotopic (exact) mass is 329 g/mol. The van der Waals surface area contributed by atoms with Gasteiger partial charge >= 0.3 is 0 Å². The highest BCUT2D eigenvalue weighted by Crippen LogP contribution is 2.19. The Morgan fingerprint density at radius 1 is 1.33 bits per heavy atom. The number of amides is 1. The Labute approximate surface area is 139 Å². The van der Waals surface area contributed by atoms with Gasteiger partial charge in [0.05, 0.1) is 11.5 Å². The van der Waals surface area contributed by atoms with E-state index in [1.165, 1.54) is 24.6 Å². The molecule has 0 radical (unpaired) electrons. The Hall–Kier alpha value is -2.77. The van der Waals surface area contributed by atoms with Crippen LogP contribution in [0.2, 0.25) is 0 Å². The summed E-state index contributed by atoms with van der Waals surface area (Å²) in [6.45, 7) is 2.79. The van der Waals surface area contributed by atoms with E-state index in [-0.39, 0.29) is 11.6 Å². The second-order valence-electron chi connectivity index (χ2n) is 5.94. The van der Waals surface area contributed by atoms with Crippen LogP contribution in [0, 0.1) is 17.0 Å². The summed E-state index contributed by atoms with van der Waals surface area (Å²) in [6.07, 6.45) is 4.31. The molecule has 0 spiro atoms. The van der Waals surface area contributed by atoms with Crippen molar-refractivity contribution in [1.82, 2.24) is 20.1 Å². The van der Waals surface area contributed by atoms with Crippen LogP contribution in [-0.2, 0) is 19.5 Å². The van der Waals surface area contributed by atoms with Crippen molar-refractivity contribution in [2.45, 2.75) is 45.7 Å². The van der Waals surface area contributed by atoms with Crippen molar-refractivity contribution < 1.29 is 9.72 Å². The fraction of sp³-hybridized carbons (Fsp3) is 0.438. The van der Waals surface area contributed by atoms with Crippen molar-refractivity contribution in [3.63, 3.8) is 0 Å². The summed E-state index contributed by atoms with van der Waals surface area (Å²) in [7, 11) is 0. The van der Waals surface area contributed by atoms with Crippen LogP contribution in [0.5, 0.6) is 0 Å². The first-order valence-electron chi connectivity index (χ1n) is 8.00. The number of hydrogen-bond donors (Lipinski definition) is 1. The quantitative estimate of drug-likeness (QED) is 0.684. The minimum atomic E-state index is -0.456. The molecular formula is C16H19N5O3. The van der Waals surface area contributed by atoms with E-state index < -0.39 is 4.92 Å². The molecule has 1 aromatic heterocycles. The van der Waals surface area contributed by atoms with E-state index in [4.69, 9.17) is 0 Å². The lowest BCUT2D eigenvalue weighted by atomic mass is 10.1. The standard InChI is InChI=1S/C16H19N5O3/c1-11-9-12(6-7-13(11)21(23)24)16(22)17-10-15-19-18-14-5-3-2-4-8-20(14)15/h6-7,9H,2-5,8,10H2,1H3,(H,17,22). The largest absolute Gasteiger partial charge is 0.345 e. The predicted molar refractivity (Wildman–Crippen MR) is 86.6 cm³/mol. The molecule has 3 rings (SSSR count). The molecule has 0 saturated carbocycles. The molecule has 0 unspecified atom stereocenters. The highest BCUT2D eigenvalue weighted by Gasteiger charge is 2.17. The Kier molecular flexibility index (Phi) is 4.54. The molecule has 0 atom stereocenters. The van der Waals surface area contributed by atoms with Gasteiger partial charge in [-0.15, -0.1) is 10.2 Å². The molecule has 2 aromatic rings. The van der Waals surface area contributed by atoms with E-state index in [2.05, 4.69) is 20.1 Å². The van der Waals surface area contributed by atoms with Gasteiger partial charge in [-0.05, 0) is 31.9 Å². The van der Waals surface area contributed by atoms with Crippen LogP contribution < -0.4 is 5.32 Å². The van der Waals surface area contributed by atoms with Crippen LogP contribution in [0.1, 0.15) is 46.8 Å². The molecule has 0 aliphatic carbocycles. The van der Waals surface area contributed by atoms with Gasteiger partial charge in [-0.25, -0.2) is 0 Å². The van der Waals surface area contributed by atoms with E-state index in [1.54, 1.807) is 6.92 Å². The number of hydrogen-bond acceptors (Lipinski definition) is 5. The second kappa shape index (κ2) is 6.77. The second-order valence-corrected chi connectivity index (χ2v) is 5.94. The van der Waals surface area contributed by atoms with Crippen LogP contribution in [0.4, 0.5) is 5.69 Å².